The van der Waals surface area contributed by atoms with Crippen LogP contribution in [0.25, 0.3) is 5.69 Å². The fraction of sp³-hybridized carbons (Fsp3) is 0.333. The van der Waals surface area contributed by atoms with E-state index < -0.39 is 105 Å². The number of amides is 5. The Labute approximate surface area is 509 Å². The summed E-state index contributed by atoms with van der Waals surface area (Å²) in [6.45, 7) is 6.75. The lowest BCUT2D eigenvalue weighted by Crippen LogP contribution is -2.36. The number of carboxylic acids is 1. The topological polar surface area (TPSA) is 440 Å². The molecule has 0 aliphatic carbocycles. The molecule has 4 heterocycles. The number of nitrogens with zero attached hydrogens (tertiary/aromatic N) is 9. The van der Waals surface area contributed by atoms with Crippen molar-refractivity contribution in [3.8, 4) is 41.6 Å². The molecule has 0 unspecified atom stereocenters. The van der Waals surface area contributed by atoms with E-state index in [4.69, 9.17) is 67.9 Å². The molecule has 32 nitrogen and oxygen atoms in total. The van der Waals surface area contributed by atoms with Gasteiger partial charge in [-0.1, -0.05) is 68.1 Å². The minimum atomic E-state index is -4.46. The maximum Gasteiger partial charge on any atom is 0.442 e. The van der Waals surface area contributed by atoms with E-state index in [2.05, 4.69) is 56.9 Å². The monoisotopic (exact) mass is 1340 g/mol. The van der Waals surface area contributed by atoms with Gasteiger partial charge in [-0.05, 0) is 43.2 Å². The quantitative estimate of drug-likeness (QED) is 0.0408. The van der Waals surface area contributed by atoms with Gasteiger partial charge in [-0.3, -0.25) is 30.1 Å². The van der Waals surface area contributed by atoms with Gasteiger partial charge in [0.05, 0.1) is 66.4 Å². The summed E-state index contributed by atoms with van der Waals surface area (Å²) in [5.74, 6) is 0.450. The predicted molar refractivity (Wildman–Crippen MR) is 306 cm³/mol. The van der Waals surface area contributed by atoms with Crippen molar-refractivity contribution in [2.45, 2.75) is 62.0 Å². The molecular formula is C48H56Cl2F3N14O18PS2. The molecule has 0 saturated carbocycles. The number of nitrogens with one attached hydrogen (secondary N) is 5. The van der Waals surface area contributed by atoms with Gasteiger partial charge in [-0.15, -0.1) is 11.5 Å². The van der Waals surface area contributed by atoms with Crippen molar-refractivity contribution in [3.63, 3.8) is 0 Å². The number of anilines is 2. The highest BCUT2D eigenvalue weighted by atomic mass is 35.5. The van der Waals surface area contributed by atoms with E-state index >= 15 is 0 Å². The van der Waals surface area contributed by atoms with Crippen molar-refractivity contribution in [1.82, 2.24) is 59.3 Å². The molecule has 0 aliphatic rings. The number of halogens is 5. The van der Waals surface area contributed by atoms with Crippen LogP contribution in [0, 0.1) is 19.3 Å². The maximum absolute atomic E-state index is 12.5. The first kappa shape index (κ1) is 73.5. The molecule has 0 atom stereocenters. The van der Waals surface area contributed by atoms with Crippen molar-refractivity contribution >= 4 is 86.7 Å². The van der Waals surface area contributed by atoms with E-state index in [9.17, 15) is 58.5 Å². The Balaban J connectivity index is 0.000000322. The Morgan fingerprint density at radius 2 is 1.43 bits per heavy atom. The average Bonchev–Trinajstić information content (AvgIpc) is 3.04. The number of ether oxygens (including phenoxy) is 4. The first-order valence-electron chi connectivity index (χ1n) is 24.2. The van der Waals surface area contributed by atoms with Gasteiger partial charge in [-0.25, -0.2) is 37.2 Å². The number of alkyl halides is 3. The van der Waals surface area contributed by atoms with Gasteiger partial charge in [0.2, 0.25) is 29.5 Å². The smallest absolute Gasteiger partial charge is 0.442 e. The van der Waals surface area contributed by atoms with E-state index in [1.54, 1.807) is 9.44 Å². The Kier molecular flexibility index (Phi) is 27.0. The molecule has 2 aromatic carbocycles. The van der Waals surface area contributed by atoms with Crippen molar-refractivity contribution in [2.24, 2.45) is 0 Å². The fourth-order valence-corrected chi connectivity index (χ4v) is 9.22. The number of benzene rings is 2. The number of aliphatic carboxylic acids is 1. The first-order valence-corrected chi connectivity index (χ1v) is 29.7. The van der Waals surface area contributed by atoms with Crippen LogP contribution in [0.1, 0.15) is 54.8 Å². The van der Waals surface area contributed by atoms with Gasteiger partial charge in [0.1, 0.15) is 18.2 Å². The number of methoxy groups -OCH3 is 3. The Hall–Kier alpha value is -8.76. The molecule has 5 amide bonds. The molecule has 0 spiro atoms. The van der Waals surface area contributed by atoms with Gasteiger partial charge >= 0.3 is 43.6 Å². The Morgan fingerprint density at radius 1 is 0.841 bits per heavy atom. The highest BCUT2D eigenvalue weighted by Gasteiger charge is 2.30. The molecular weight excluding hydrogens is 1280 g/mol. The van der Waals surface area contributed by atoms with Gasteiger partial charge in [-0.2, -0.15) is 51.2 Å². The highest BCUT2D eigenvalue weighted by molar-refractivity contribution is 7.90. The number of carbonyl (C=O) groups is 4. The molecule has 88 heavy (non-hydrogen) atoms. The summed E-state index contributed by atoms with van der Waals surface area (Å²) in [6, 6.07) is 9.67. The summed E-state index contributed by atoms with van der Waals surface area (Å²) in [5.41, 5.74) is -0.362. The number of rotatable bonds is 19. The van der Waals surface area contributed by atoms with Crippen molar-refractivity contribution in [3.05, 3.63) is 104 Å². The van der Waals surface area contributed by atoms with E-state index in [-0.39, 0.29) is 63.3 Å². The molecule has 0 aliphatic heterocycles. The van der Waals surface area contributed by atoms with Crippen LogP contribution < -0.4 is 50.1 Å². The molecule has 6 aromatic rings. The number of carboxylic acid groups (broad SMARTS) is 1. The lowest BCUT2D eigenvalue weighted by Gasteiger charge is -2.14. The summed E-state index contributed by atoms with van der Waals surface area (Å²) in [4.78, 5) is 98.0. The zero-order valence-electron chi connectivity index (χ0n) is 47.5. The van der Waals surface area contributed by atoms with Crippen LogP contribution in [0.15, 0.2) is 79.9 Å². The third kappa shape index (κ3) is 24.2. The lowest BCUT2D eigenvalue weighted by atomic mass is 9.97. The van der Waals surface area contributed by atoms with Gasteiger partial charge in [0.15, 0.2) is 5.03 Å². The molecule has 40 heteroatoms. The lowest BCUT2D eigenvalue weighted by molar-refractivity contribution is -0.136. The molecule has 6 rings (SSSR count). The number of carbonyl (C=O) groups excluding carboxylic acids is 3. The summed E-state index contributed by atoms with van der Waals surface area (Å²) >= 11 is 12.2. The Bertz CT molecular complexity index is 3820. The molecule has 0 bridgehead atoms. The SMILES string of the molecule is C#CCOc1cc(-n2nc(C(C)(C)C)oc2=O)c(Cl)cc1Cl.COc1cc(OC)nc(NC(=O)NS(=O)(=O)c2ncccc2C(=O)N(C)C)n1.COc1nc(C)nc(NC(=O)NS(=O)(=O)c2ccccc2CCC(F)(F)F)n1.O=C(O)CNCP(=O)(O)O. The van der Waals surface area contributed by atoms with Crippen LogP contribution >= 0.6 is 30.8 Å². The van der Waals surface area contributed by atoms with Crippen LogP contribution in [-0.4, -0.2) is 161 Å². The minimum Gasteiger partial charge on any atom is -0.481 e. The van der Waals surface area contributed by atoms with E-state index in [1.165, 1.54) is 102 Å². The van der Waals surface area contributed by atoms with E-state index in [1.807, 2.05) is 20.8 Å². The highest BCUT2D eigenvalue weighted by Crippen LogP contribution is 2.34. The van der Waals surface area contributed by atoms with Crippen molar-refractivity contribution in [1.29, 1.82) is 0 Å². The zero-order valence-corrected chi connectivity index (χ0v) is 51.6. The summed E-state index contributed by atoms with van der Waals surface area (Å²) < 4.78 is 127. The summed E-state index contributed by atoms with van der Waals surface area (Å²) in [5, 5.41) is 18.4. The number of terminal acetylenes is 1. The Morgan fingerprint density at radius 3 is 1.95 bits per heavy atom. The number of aromatic nitrogens is 8. The van der Waals surface area contributed by atoms with E-state index in [0.717, 1.165) is 10.7 Å². The van der Waals surface area contributed by atoms with Crippen LogP contribution in [0.4, 0.5) is 34.7 Å². The number of urea groups is 2. The number of sulfonamides is 2. The van der Waals surface area contributed by atoms with Gasteiger partial charge in [0.25, 0.3) is 26.0 Å². The zero-order chi connectivity index (χ0) is 66.5. The van der Waals surface area contributed by atoms with Crippen LogP contribution in [0.5, 0.6) is 23.5 Å². The summed E-state index contributed by atoms with van der Waals surface area (Å²) in [6.07, 6.45) is -0.450. The van der Waals surface area contributed by atoms with Gasteiger partial charge in [0, 0.05) is 38.2 Å². The third-order valence-electron chi connectivity index (χ3n) is 9.84. The molecule has 4 aromatic heterocycles. The maximum atomic E-state index is 12.5. The first-order chi connectivity index (χ1) is 40.8. The third-order valence-corrected chi connectivity index (χ3v) is 13.8. The number of pyridine rings is 1. The number of hydrogen-bond acceptors (Lipinski definition) is 23. The standard InChI is InChI=1S/C15H14Cl2N2O3.C15H16F3N5O4S.C15H18N6O6S.C3H8NO5P/c1-5-6-21-12-8-11(9(16)7-10(12)17)19-14(20)22-13(18-19)15(2,3)4;1-9-19-12(22-14(20-9)27-2)21-13(24)23-28(25,26)11-6-4-3-5-10(11)7-8-15(16,17)18;1-21(2)13(22)9-6-5-7-16-12(9)28(24,25)20-15(23)19-14-17-10(26-3)8-11(18-14)27-4;5-3(6)1-4-2-10(7,8)9/h1,7-8H,6H2,2-4H3;3-6H,7-8H2,1-2H3,(H2,19,20,21,22,23,24);5-8H,1-4H3,(H2,17,18,19,20,23);4H,1-2H2,(H,5,6)(H2,7,8,9). The average molecular weight is 1340 g/mol. The van der Waals surface area contributed by atoms with Crippen molar-refractivity contribution in [2.75, 3.05) is 65.5 Å². The fourth-order valence-electron chi connectivity index (χ4n) is 6.09. The van der Waals surface area contributed by atoms with Crippen molar-refractivity contribution < 1.29 is 92.0 Å². The second kappa shape index (κ2) is 32.3. The van der Waals surface area contributed by atoms with Crippen LogP contribution in [0.3, 0.4) is 0 Å². The van der Waals surface area contributed by atoms with Gasteiger partial charge < -0.3 is 43.2 Å². The normalized spacial score (nSPS) is 11.3. The summed E-state index contributed by atoms with van der Waals surface area (Å²) in [7, 11) is -6.09. The molecule has 0 fully saturated rings. The molecule has 0 radical (unpaired) electrons. The molecule has 478 valence electrons. The van der Waals surface area contributed by atoms with Crippen LogP contribution in [-0.2, 0) is 41.2 Å². The largest absolute Gasteiger partial charge is 0.481 e. The number of hydrogen-bond donors (Lipinski definition) is 8. The number of aryl methyl sites for hydroxylation is 2. The van der Waals surface area contributed by atoms with Crippen LogP contribution in [0.2, 0.25) is 10.0 Å². The predicted octanol–water partition coefficient (Wildman–Crippen LogP) is 4.53. The molecule has 8 N–H and O–H groups in total. The molecule has 0 saturated heterocycles. The second-order valence-electron chi connectivity index (χ2n) is 18.1. The second-order valence-corrected chi connectivity index (χ2v) is 23.8. The van der Waals surface area contributed by atoms with E-state index in [0.29, 0.717) is 17.3 Å². The minimum absolute atomic E-state index is 0.0434.